The van der Waals surface area contributed by atoms with E-state index in [1.807, 2.05) is 13.0 Å². The average molecular weight is 336 g/mol. The number of Topliss-reactive ketones (excluding diaryl/α,β-unsaturated/α-hetero) is 1. The number of carbonyl (C=O) groups excluding carboxylic acids is 1. The van der Waals surface area contributed by atoms with Crippen LogP contribution in [0.4, 0.5) is 0 Å². The minimum absolute atomic E-state index is 0.0177. The van der Waals surface area contributed by atoms with E-state index < -0.39 is 9.84 Å². The number of hydrogen-bond donors (Lipinski definition) is 0. The van der Waals surface area contributed by atoms with Gasteiger partial charge in [0.1, 0.15) is 4.91 Å². The Hall–Kier alpha value is -1.42. The van der Waals surface area contributed by atoms with E-state index in [4.69, 9.17) is 0 Å². The highest BCUT2D eigenvalue weighted by molar-refractivity contribution is 7.96. The number of sulfone groups is 1. The number of carbonyl (C=O) groups is 1. The predicted molar refractivity (Wildman–Crippen MR) is 96.3 cm³/mol. The third-order valence-electron chi connectivity index (χ3n) is 3.75. The van der Waals surface area contributed by atoms with Gasteiger partial charge in [0, 0.05) is 5.56 Å². The minimum Gasteiger partial charge on any atom is -0.288 e. The van der Waals surface area contributed by atoms with E-state index in [1.165, 1.54) is 0 Å². The fourth-order valence-corrected chi connectivity index (χ4v) is 3.95. The maximum absolute atomic E-state index is 12.6. The Morgan fingerprint density at radius 3 is 2.17 bits per heavy atom. The summed E-state index contributed by atoms with van der Waals surface area (Å²) < 4.78 is 25.2. The molecular weight excluding hydrogens is 308 g/mol. The maximum Gasteiger partial charge on any atom is 0.204 e. The molecule has 0 bridgehead atoms. The third kappa shape index (κ3) is 6.69. The van der Waals surface area contributed by atoms with Crippen molar-refractivity contribution in [3.8, 4) is 0 Å². The second kappa shape index (κ2) is 10.4. The van der Waals surface area contributed by atoms with Crippen LogP contribution in [0.1, 0.15) is 69.2 Å². The van der Waals surface area contributed by atoms with E-state index in [0.29, 0.717) is 18.4 Å². The molecule has 0 aliphatic carbocycles. The van der Waals surface area contributed by atoms with Crippen molar-refractivity contribution in [2.24, 2.45) is 0 Å². The van der Waals surface area contributed by atoms with Gasteiger partial charge in [-0.25, -0.2) is 8.42 Å². The second-order valence-corrected chi connectivity index (χ2v) is 7.86. The normalized spacial score (nSPS) is 12.3. The minimum atomic E-state index is -3.52. The van der Waals surface area contributed by atoms with Crippen molar-refractivity contribution < 1.29 is 13.2 Å². The summed E-state index contributed by atoms with van der Waals surface area (Å²) in [5.41, 5.74) is 0.438. The van der Waals surface area contributed by atoms with Crippen molar-refractivity contribution in [2.45, 2.75) is 58.8 Å². The Morgan fingerprint density at radius 1 is 0.957 bits per heavy atom. The third-order valence-corrected chi connectivity index (χ3v) is 5.60. The predicted octanol–water partition coefficient (Wildman–Crippen LogP) is 4.94. The largest absolute Gasteiger partial charge is 0.288 e. The summed E-state index contributed by atoms with van der Waals surface area (Å²) in [6.45, 7) is 4.13. The molecule has 0 fully saturated rings. The Morgan fingerprint density at radius 2 is 1.57 bits per heavy atom. The molecule has 1 rings (SSSR count). The maximum atomic E-state index is 12.6. The van der Waals surface area contributed by atoms with Crippen molar-refractivity contribution in [2.75, 3.05) is 5.75 Å². The standard InChI is InChI=1S/C19H28O3S/c1-3-5-7-11-15-18(23(21,22)16-12-6-4-2)19(20)17-13-9-8-10-14-17/h8-10,13-15H,3-7,11-12,16H2,1-2H3/b18-15-. The zero-order chi connectivity index (χ0) is 17.1. The van der Waals surface area contributed by atoms with Gasteiger partial charge in [-0.1, -0.05) is 75.9 Å². The summed E-state index contributed by atoms with van der Waals surface area (Å²) in [5.74, 6) is -0.322. The van der Waals surface area contributed by atoms with E-state index in [-0.39, 0.29) is 16.4 Å². The van der Waals surface area contributed by atoms with Gasteiger partial charge in [0.15, 0.2) is 9.84 Å². The van der Waals surface area contributed by atoms with Gasteiger partial charge in [0.05, 0.1) is 5.75 Å². The van der Waals surface area contributed by atoms with Gasteiger partial charge in [-0.3, -0.25) is 4.79 Å². The first kappa shape index (κ1) is 19.6. The Bertz CT molecular complexity index is 601. The molecule has 0 unspecified atom stereocenters. The molecule has 1 aromatic rings. The van der Waals surface area contributed by atoms with Crippen molar-refractivity contribution in [3.63, 3.8) is 0 Å². The molecule has 0 heterocycles. The van der Waals surface area contributed by atoms with Gasteiger partial charge in [0.2, 0.25) is 5.78 Å². The van der Waals surface area contributed by atoms with Crippen LogP contribution in [0, 0.1) is 0 Å². The average Bonchev–Trinajstić information content (AvgIpc) is 2.55. The lowest BCUT2D eigenvalue weighted by atomic mass is 10.1. The zero-order valence-electron chi connectivity index (χ0n) is 14.3. The highest BCUT2D eigenvalue weighted by Gasteiger charge is 2.25. The highest BCUT2D eigenvalue weighted by atomic mass is 32.2. The van der Waals surface area contributed by atoms with Gasteiger partial charge >= 0.3 is 0 Å². The first-order chi connectivity index (χ1) is 11.0. The van der Waals surface area contributed by atoms with Crippen molar-refractivity contribution in [3.05, 3.63) is 46.9 Å². The first-order valence-corrected chi connectivity index (χ1v) is 10.2. The summed E-state index contributed by atoms with van der Waals surface area (Å²) in [5, 5.41) is 0. The molecule has 3 nitrogen and oxygen atoms in total. The SMILES string of the molecule is CCCCC/C=C(/C(=O)c1ccccc1)S(=O)(=O)CCCCC. The topological polar surface area (TPSA) is 51.2 Å². The molecule has 0 saturated heterocycles. The summed E-state index contributed by atoms with van der Waals surface area (Å²) in [6.07, 6.45) is 7.71. The molecule has 0 saturated carbocycles. The Kier molecular flexibility index (Phi) is 8.85. The van der Waals surface area contributed by atoms with Gasteiger partial charge in [-0.15, -0.1) is 0 Å². The lowest BCUT2D eigenvalue weighted by Gasteiger charge is -2.09. The highest BCUT2D eigenvalue weighted by Crippen LogP contribution is 2.19. The molecule has 0 aliphatic heterocycles. The molecule has 4 heteroatoms. The lowest BCUT2D eigenvalue weighted by Crippen LogP contribution is -2.17. The molecule has 0 aliphatic rings. The quantitative estimate of drug-likeness (QED) is 0.327. The van der Waals surface area contributed by atoms with E-state index >= 15 is 0 Å². The Balaban J connectivity index is 2.99. The van der Waals surface area contributed by atoms with Crippen molar-refractivity contribution in [1.29, 1.82) is 0 Å². The van der Waals surface area contributed by atoms with Crippen LogP contribution >= 0.6 is 0 Å². The fourth-order valence-electron chi connectivity index (χ4n) is 2.37. The number of hydrogen-bond acceptors (Lipinski definition) is 3. The van der Waals surface area contributed by atoms with Crippen LogP contribution in [0.3, 0.4) is 0 Å². The van der Waals surface area contributed by atoms with Gasteiger partial charge in [-0.05, 0) is 19.3 Å². The summed E-state index contributed by atoms with van der Waals surface area (Å²) in [6, 6.07) is 8.67. The molecule has 0 radical (unpaired) electrons. The second-order valence-electron chi connectivity index (χ2n) is 5.79. The van der Waals surface area contributed by atoms with Crippen LogP contribution in [-0.4, -0.2) is 20.0 Å². The molecule has 0 spiro atoms. The lowest BCUT2D eigenvalue weighted by molar-refractivity contribution is 0.104. The number of rotatable bonds is 11. The molecule has 1 aromatic carbocycles. The van der Waals surface area contributed by atoms with Gasteiger partial charge < -0.3 is 0 Å². The smallest absolute Gasteiger partial charge is 0.204 e. The first-order valence-electron chi connectivity index (χ1n) is 8.55. The van der Waals surface area contributed by atoms with Crippen LogP contribution < -0.4 is 0 Å². The van der Waals surface area contributed by atoms with Crippen LogP contribution in [0.5, 0.6) is 0 Å². The number of unbranched alkanes of at least 4 members (excludes halogenated alkanes) is 5. The molecule has 0 N–H and O–H groups in total. The van der Waals surface area contributed by atoms with Gasteiger partial charge in [0.25, 0.3) is 0 Å². The van der Waals surface area contributed by atoms with E-state index in [2.05, 4.69) is 6.92 Å². The molecular formula is C19H28O3S. The zero-order valence-corrected chi connectivity index (χ0v) is 15.1. The van der Waals surface area contributed by atoms with Crippen LogP contribution in [-0.2, 0) is 9.84 Å². The van der Waals surface area contributed by atoms with Crippen LogP contribution in [0.15, 0.2) is 41.3 Å². The molecule has 0 aromatic heterocycles. The van der Waals surface area contributed by atoms with E-state index in [9.17, 15) is 13.2 Å². The number of ketones is 1. The molecule has 0 amide bonds. The van der Waals surface area contributed by atoms with Crippen molar-refractivity contribution in [1.82, 2.24) is 0 Å². The molecule has 0 atom stereocenters. The van der Waals surface area contributed by atoms with Crippen LogP contribution in [0.25, 0.3) is 0 Å². The van der Waals surface area contributed by atoms with E-state index in [0.717, 1.165) is 32.1 Å². The molecule has 23 heavy (non-hydrogen) atoms. The Labute approximate surface area is 140 Å². The summed E-state index contributed by atoms with van der Waals surface area (Å²) >= 11 is 0. The van der Waals surface area contributed by atoms with Crippen LogP contribution in [0.2, 0.25) is 0 Å². The summed E-state index contributed by atoms with van der Waals surface area (Å²) in [7, 11) is -3.52. The molecule has 128 valence electrons. The summed E-state index contributed by atoms with van der Waals surface area (Å²) in [4.78, 5) is 12.6. The van der Waals surface area contributed by atoms with Crippen molar-refractivity contribution >= 4 is 15.6 Å². The van der Waals surface area contributed by atoms with E-state index in [1.54, 1.807) is 30.3 Å². The monoisotopic (exact) mass is 336 g/mol. The van der Waals surface area contributed by atoms with Gasteiger partial charge in [-0.2, -0.15) is 0 Å². The number of benzene rings is 1. The number of allylic oxidation sites excluding steroid dienone is 2. The fraction of sp³-hybridized carbons (Fsp3) is 0.526.